The number of nitrogens with one attached hydrogen (secondary N) is 1. The highest BCUT2D eigenvalue weighted by Gasteiger charge is 2.30. The van der Waals surface area contributed by atoms with Crippen molar-refractivity contribution < 1.29 is 28.9 Å². The standard InChI is InChI=1S/C32H29NO6/c1-37-30-18-23(38-19-21-9-3-2-4-10-21)16-15-22(30)17-29(31(34)35)33-32(36)39-20-28-26-13-7-5-11-24(26)25-12-6-8-14-27(25)28/h2-16,18,28-29H,17,19-20H2,1H3,(H,33,36)(H,34,35). The summed E-state index contributed by atoms with van der Waals surface area (Å²) in [6.45, 7) is 0.493. The molecule has 0 spiro atoms. The lowest BCUT2D eigenvalue weighted by atomic mass is 9.98. The largest absolute Gasteiger partial charge is 0.496 e. The van der Waals surface area contributed by atoms with E-state index in [4.69, 9.17) is 14.2 Å². The van der Waals surface area contributed by atoms with Crippen LogP contribution in [0.25, 0.3) is 11.1 Å². The molecule has 0 aliphatic heterocycles. The number of fused-ring (bicyclic) bond motifs is 3. The van der Waals surface area contributed by atoms with Crippen LogP contribution in [0.2, 0.25) is 0 Å². The molecule has 4 aromatic carbocycles. The zero-order valence-corrected chi connectivity index (χ0v) is 21.5. The molecular weight excluding hydrogens is 494 g/mol. The van der Waals surface area contributed by atoms with E-state index in [1.54, 1.807) is 18.2 Å². The van der Waals surface area contributed by atoms with Gasteiger partial charge in [0.15, 0.2) is 0 Å². The Labute approximate surface area is 227 Å². The molecule has 1 unspecified atom stereocenters. The molecule has 7 nitrogen and oxygen atoms in total. The molecule has 7 heteroatoms. The van der Waals surface area contributed by atoms with Gasteiger partial charge in [0.05, 0.1) is 7.11 Å². The zero-order chi connectivity index (χ0) is 27.2. The minimum absolute atomic E-state index is 0.0155. The number of amides is 1. The highest BCUT2D eigenvalue weighted by atomic mass is 16.5. The molecular formula is C32H29NO6. The molecule has 0 heterocycles. The van der Waals surface area contributed by atoms with Crippen molar-refractivity contribution in [2.24, 2.45) is 0 Å². The number of aliphatic carboxylic acids is 1. The van der Waals surface area contributed by atoms with Gasteiger partial charge in [-0.15, -0.1) is 0 Å². The first kappa shape index (κ1) is 25.9. The molecule has 2 N–H and O–H groups in total. The molecule has 1 aliphatic rings. The van der Waals surface area contributed by atoms with Crippen LogP contribution in [0, 0.1) is 0 Å². The topological polar surface area (TPSA) is 94.1 Å². The van der Waals surface area contributed by atoms with Crippen molar-refractivity contribution in [3.8, 4) is 22.6 Å². The van der Waals surface area contributed by atoms with E-state index in [9.17, 15) is 14.7 Å². The molecule has 0 saturated carbocycles. The van der Waals surface area contributed by atoms with E-state index in [1.165, 1.54) is 7.11 Å². The number of carboxylic acid groups (broad SMARTS) is 1. The van der Waals surface area contributed by atoms with Gasteiger partial charge in [-0.25, -0.2) is 9.59 Å². The van der Waals surface area contributed by atoms with Crippen LogP contribution in [0.4, 0.5) is 4.79 Å². The van der Waals surface area contributed by atoms with Crippen LogP contribution in [0.5, 0.6) is 11.5 Å². The van der Waals surface area contributed by atoms with Gasteiger partial charge in [0, 0.05) is 18.4 Å². The number of ether oxygens (including phenoxy) is 3. The van der Waals surface area contributed by atoms with Crippen LogP contribution in [-0.4, -0.2) is 36.9 Å². The van der Waals surface area contributed by atoms with Gasteiger partial charge in [-0.05, 0) is 39.4 Å². The molecule has 0 bridgehead atoms. The lowest BCUT2D eigenvalue weighted by Gasteiger charge is -2.19. The van der Waals surface area contributed by atoms with E-state index in [1.807, 2.05) is 66.7 Å². The van der Waals surface area contributed by atoms with Crippen LogP contribution in [0.3, 0.4) is 0 Å². The summed E-state index contributed by atoms with van der Waals surface area (Å²) in [5.74, 6) is -0.220. The molecule has 0 aromatic heterocycles. The minimum Gasteiger partial charge on any atom is -0.496 e. The third-order valence-electron chi connectivity index (χ3n) is 6.86. The summed E-state index contributed by atoms with van der Waals surface area (Å²) in [6, 6.07) is 29.8. The second-order valence-electron chi connectivity index (χ2n) is 9.31. The van der Waals surface area contributed by atoms with E-state index in [0.717, 1.165) is 27.8 Å². The Bertz CT molecular complexity index is 1420. The number of methoxy groups -OCH3 is 1. The number of hydrogen-bond acceptors (Lipinski definition) is 5. The van der Waals surface area contributed by atoms with Gasteiger partial charge in [-0.3, -0.25) is 0 Å². The third-order valence-corrected chi connectivity index (χ3v) is 6.86. The van der Waals surface area contributed by atoms with Gasteiger partial charge in [-0.2, -0.15) is 0 Å². The Balaban J connectivity index is 1.22. The van der Waals surface area contributed by atoms with Crippen molar-refractivity contribution in [2.45, 2.75) is 25.0 Å². The van der Waals surface area contributed by atoms with Gasteiger partial charge in [0.2, 0.25) is 0 Å². The molecule has 198 valence electrons. The number of carbonyl (C=O) groups is 2. The summed E-state index contributed by atoms with van der Waals surface area (Å²) in [5, 5.41) is 12.3. The summed E-state index contributed by atoms with van der Waals surface area (Å²) in [5.41, 5.74) is 6.05. The highest BCUT2D eigenvalue weighted by molar-refractivity contribution is 5.81. The number of carbonyl (C=O) groups excluding carboxylic acids is 1. The monoisotopic (exact) mass is 523 g/mol. The lowest BCUT2D eigenvalue weighted by Crippen LogP contribution is -2.43. The van der Waals surface area contributed by atoms with Crippen molar-refractivity contribution in [2.75, 3.05) is 13.7 Å². The van der Waals surface area contributed by atoms with Gasteiger partial charge in [0.25, 0.3) is 0 Å². The second kappa shape index (κ2) is 11.7. The van der Waals surface area contributed by atoms with Gasteiger partial charge >= 0.3 is 12.1 Å². The Morgan fingerprint density at radius 3 is 2.15 bits per heavy atom. The highest BCUT2D eigenvalue weighted by Crippen LogP contribution is 2.44. The molecule has 1 amide bonds. The predicted octanol–water partition coefficient (Wildman–Crippen LogP) is 5.81. The summed E-state index contributed by atoms with van der Waals surface area (Å²) >= 11 is 0. The molecule has 39 heavy (non-hydrogen) atoms. The van der Waals surface area contributed by atoms with E-state index < -0.39 is 18.1 Å². The maximum Gasteiger partial charge on any atom is 0.407 e. The SMILES string of the molecule is COc1cc(OCc2ccccc2)ccc1CC(NC(=O)OCC1c2ccccc2-c2ccccc21)C(=O)O. The first-order valence-electron chi connectivity index (χ1n) is 12.7. The fraction of sp³-hybridized carbons (Fsp3) is 0.188. The van der Waals surface area contributed by atoms with Crippen molar-refractivity contribution >= 4 is 12.1 Å². The average molecular weight is 524 g/mol. The normalized spacial score (nSPS) is 12.6. The van der Waals surface area contributed by atoms with Crippen LogP contribution < -0.4 is 14.8 Å². The predicted molar refractivity (Wildman–Crippen MR) is 147 cm³/mol. The number of carboxylic acids is 1. The van der Waals surface area contributed by atoms with E-state index in [2.05, 4.69) is 17.4 Å². The fourth-order valence-corrected chi connectivity index (χ4v) is 4.93. The Hall–Kier alpha value is -4.78. The molecule has 1 aliphatic carbocycles. The number of hydrogen-bond donors (Lipinski definition) is 2. The van der Waals surface area contributed by atoms with Crippen molar-refractivity contribution in [1.82, 2.24) is 5.32 Å². The molecule has 0 saturated heterocycles. The second-order valence-corrected chi connectivity index (χ2v) is 9.31. The maximum atomic E-state index is 12.7. The number of benzene rings is 4. The maximum absolute atomic E-state index is 12.7. The van der Waals surface area contributed by atoms with E-state index in [-0.39, 0.29) is 18.9 Å². The van der Waals surface area contributed by atoms with Crippen LogP contribution in [0.15, 0.2) is 97.1 Å². The molecule has 0 fully saturated rings. The Morgan fingerprint density at radius 1 is 0.872 bits per heavy atom. The van der Waals surface area contributed by atoms with Crippen molar-refractivity contribution in [3.63, 3.8) is 0 Å². The summed E-state index contributed by atoms with van der Waals surface area (Å²) in [7, 11) is 1.51. The van der Waals surface area contributed by atoms with Crippen molar-refractivity contribution in [3.05, 3.63) is 119 Å². The molecule has 4 aromatic rings. The fourth-order valence-electron chi connectivity index (χ4n) is 4.93. The van der Waals surface area contributed by atoms with E-state index >= 15 is 0 Å². The van der Waals surface area contributed by atoms with Crippen molar-refractivity contribution in [1.29, 1.82) is 0 Å². The Morgan fingerprint density at radius 2 is 1.51 bits per heavy atom. The van der Waals surface area contributed by atoms with Gasteiger partial charge < -0.3 is 24.6 Å². The number of rotatable bonds is 10. The number of alkyl carbamates (subject to hydrolysis) is 1. The average Bonchev–Trinajstić information content (AvgIpc) is 3.29. The van der Waals surface area contributed by atoms with E-state index in [0.29, 0.717) is 23.7 Å². The van der Waals surface area contributed by atoms with Gasteiger partial charge in [-0.1, -0.05) is 84.9 Å². The third kappa shape index (κ3) is 5.88. The Kier molecular flexibility index (Phi) is 7.78. The quantitative estimate of drug-likeness (QED) is 0.273. The minimum atomic E-state index is -1.20. The van der Waals surface area contributed by atoms with Crippen LogP contribution in [-0.2, 0) is 22.6 Å². The summed E-state index contributed by atoms with van der Waals surface area (Å²) in [6.07, 6.45) is -0.771. The van der Waals surface area contributed by atoms with Crippen LogP contribution in [0.1, 0.15) is 28.2 Å². The summed E-state index contributed by atoms with van der Waals surface area (Å²) < 4.78 is 16.9. The summed E-state index contributed by atoms with van der Waals surface area (Å²) in [4.78, 5) is 24.7. The molecule has 0 radical (unpaired) electrons. The molecule has 5 rings (SSSR count). The zero-order valence-electron chi connectivity index (χ0n) is 21.5. The van der Waals surface area contributed by atoms with Gasteiger partial charge in [0.1, 0.15) is 30.8 Å². The smallest absolute Gasteiger partial charge is 0.407 e. The molecule has 1 atom stereocenters. The lowest BCUT2D eigenvalue weighted by molar-refractivity contribution is -0.139. The first-order chi connectivity index (χ1) is 19.0. The first-order valence-corrected chi connectivity index (χ1v) is 12.7. The van der Waals surface area contributed by atoms with Crippen LogP contribution >= 0.6 is 0 Å².